The van der Waals surface area contributed by atoms with Crippen LogP contribution in [0.3, 0.4) is 0 Å². The number of rotatable bonds is 10. The van der Waals surface area contributed by atoms with E-state index < -0.39 is 34.1 Å². The summed E-state index contributed by atoms with van der Waals surface area (Å²) < 4.78 is 11.8. The van der Waals surface area contributed by atoms with Crippen molar-refractivity contribution in [3.8, 4) is 5.75 Å². The van der Waals surface area contributed by atoms with Gasteiger partial charge in [0.1, 0.15) is 40.2 Å². The number of nitro groups is 1. The average Bonchev–Trinajstić information content (AvgIpc) is 3.57. The molecule has 2 amide bonds. The fraction of sp³-hybridized carbons (Fsp3) is 0.261. The number of fused-ring (bicyclic) bond motifs is 1. The molecule has 2 N–H and O–H groups in total. The van der Waals surface area contributed by atoms with Gasteiger partial charge in [0.15, 0.2) is 10.1 Å². The topological polar surface area (TPSA) is 178 Å². The molecule has 1 saturated heterocycles. The van der Waals surface area contributed by atoms with Gasteiger partial charge in [-0.2, -0.15) is 0 Å². The van der Waals surface area contributed by atoms with Crippen LogP contribution < -0.4 is 10.1 Å². The number of hydrogen-bond donors (Lipinski definition) is 2. The van der Waals surface area contributed by atoms with Crippen LogP contribution in [0, 0.1) is 17.0 Å². The molecule has 40 heavy (non-hydrogen) atoms. The fourth-order valence-corrected chi connectivity index (χ4v) is 7.47. The van der Waals surface area contributed by atoms with Gasteiger partial charge in [0, 0.05) is 23.6 Å². The summed E-state index contributed by atoms with van der Waals surface area (Å²) in [6.45, 7) is 1.72. The molecule has 0 radical (unpaired) electrons. The molecule has 5 rings (SSSR count). The van der Waals surface area contributed by atoms with Gasteiger partial charge in [-0.1, -0.05) is 34.7 Å². The third kappa shape index (κ3) is 5.65. The number of thioether (sulfide) groups is 2. The van der Waals surface area contributed by atoms with Crippen LogP contribution in [0.2, 0.25) is 5.02 Å². The standard InChI is InChI=1S/C23H18ClN5O8S3/c1-10-26-27-23(40-10)39-9-11-8-38-21-17(20(31)28(21)18(11)22(32)33)25-19(30)16-5-3-13(37-16)7-36-15-4-2-12(29(34)35)6-14(15)24/h2-6,17,21H,7-9H2,1H3,(H,25,30)(H,32,33)/t17-,21+/m1/s1. The van der Waals surface area contributed by atoms with Crippen molar-refractivity contribution in [2.75, 3.05) is 11.5 Å². The Bertz CT molecular complexity index is 1560. The normalized spacial score (nSPS) is 18.2. The maximum Gasteiger partial charge on any atom is 0.352 e. The van der Waals surface area contributed by atoms with E-state index in [1.54, 1.807) is 0 Å². The Labute approximate surface area is 243 Å². The van der Waals surface area contributed by atoms with E-state index in [9.17, 15) is 29.6 Å². The monoisotopic (exact) mass is 623 g/mol. The molecule has 3 aromatic rings. The number of benzene rings is 1. The molecule has 2 atom stereocenters. The van der Waals surface area contributed by atoms with E-state index in [0.29, 0.717) is 21.4 Å². The predicted octanol–water partition coefficient (Wildman–Crippen LogP) is 3.72. The zero-order valence-corrected chi connectivity index (χ0v) is 23.6. The number of amides is 2. The quantitative estimate of drug-likeness (QED) is 0.145. The van der Waals surface area contributed by atoms with Gasteiger partial charge in [-0.15, -0.1) is 22.0 Å². The summed E-state index contributed by atoms with van der Waals surface area (Å²) in [5.74, 6) is -1.26. The van der Waals surface area contributed by atoms with E-state index in [0.717, 1.165) is 11.1 Å². The molecule has 0 unspecified atom stereocenters. The molecule has 0 bridgehead atoms. The molecular formula is C23H18ClN5O8S3. The number of halogens is 1. The molecule has 2 aromatic heterocycles. The predicted molar refractivity (Wildman–Crippen MR) is 146 cm³/mol. The van der Waals surface area contributed by atoms with Gasteiger partial charge in [-0.25, -0.2) is 4.79 Å². The number of non-ortho nitro benzene ring substituents is 1. The molecule has 2 aliphatic rings. The van der Waals surface area contributed by atoms with Crippen LogP contribution in [-0.2, 0) is 16.2 Å². The number of nitrogens with zero attached hydrogens (tertiary/aromatic N) is 4. The number of carbonyl (C=O) groups is 3. The minimum Gasteiger partial charge on any atom is -0.484 e. The highest BCUT2D eigenvalue weighted by Gasteiger charge is 2.54. The van der Waals surface area contributed by atoms with Crippen LogP contribution in [0.25, 0.3) is 0 Å². The van der Waals surface area contributed by atoms with Crippen molar-refractivity contribution >= 4 is 69.9 Å². The summed E-state index contributed by atoms with van der Waals surface area (Å²) >= 11 is 10.1. The number of carbonyl (C=O) groups excluding carboxylic acids is 2. The number of furan rings is 1. The number of aliphatic carboxylic acids is 1. The zero-order chi connectivity index (χ0) is 28.6. The number of nitro benzene ring substituents is 1. The van der Waals surface area contributed by atoms with E-state index in [4.69, 9.17) is 20.8 Å². The molecule has 1 aromatic carbocycles. The van der Waals surface area contributed by atoms with Crippen molar-refractivity contribution < 1.29 is 33.6 Å². The van der Waals surface area contributed by atoms with Gasteiger partial charge >= 0.3 is 5.97 Å². The molecule has 0 aliphatic carbocycles. The molecule has 208 valence electrons. The molecule has 0 saturated carbocycles. The van der Waals surface area contributed by atoms with Crippen LogP contribution in [-0.4, -0.2) is 65.8 Å². The van der Waals surface area contributed by atoms with Crippen molar-refractivity contribution in [3.05, 3.63) is 73.3 Å². The van der Waals surface area contributed by atoms with Crippen molar-refractivity contribution in [3.63, 3.8) is 0 Å². The number of carboxylic acid groups (broad SMARTS) is 1. The molecular weight excluding hydrogens is 606 g/mol. The molecule has 1 fully saturated rings. The lowest BCUT2D eigenvalue weighted by Gasteiger charge is -2.49. The zero-order valence-electron chi connectivity index (χ0n) is 20.4. The van der Waals surface area contributed by atoms with E-state index in [1.807, 2.05) is 6.92 Å². The maximum absolute atomic E-state index is 12.9. The average molecular weight is 624 g/mol. The van der Waals surface area contributed by atoms with E-state index >= 15 is 0 Å². The molecule has 2 aliphatic heterocycles. The number of aromatic nitrogens is 2. The number of carboxylic acids is 1. The number of ether oxygens (including phenoxy) is 1. The van der Waals surface area contributed by atoms with Crippen LogP contribution in [0.5, 0.6) is 5.75 Å². The Morgan fingerprint density at radius 3 is 2.83 bits per heavy atom. The highest BCUT2D eigenvalue weighted by Crippen LogP contribution is 2.42. The Hall–Kier alpha value is -3.60. The molecule has 13 nitrogen and oxygen atoms in total. The van der Waals surface area contributed by atoms with Gasteiger partial charge in [0.25, 0.3) is 17.5 Å². The van der Waals surface area contributed by atoms with Gasteiger partial charge in [-0.05, 0) is 30.7 Å². The van der Waals surface area contributed by atoms with Gasteiger partial charge in [0.05, 0.1) is 9.95 Å². The number of β-lactam (4-membered cyclic amide) rings is 1. The van der Waals surface area contributed by atoms with E-state index in [2.05, 4.69) is 15.5 Å². The van der Waals surface area contributed by atoms with E-state index in [-0.39, 0.29) is 40.3 Å². The number of hydrogen-bond acceptors (Lipinski definition) is 12. The van der Waals surface area contributed by atoms with Gasteiger partial charge in [0.2, 0.25) is 0 Å². The lowest BCUT2D eigenvalue weighted by molar-refractivity contribution is -0.384. The number of nitrogens with one attached hydrogen (secondary N) is 1. The number of aryl methyl sites for hydroxylation is 1. The van der Waals surface area contributed by atoms with Crippen LogP contribution >= 0.6 is 46.5 Å². The molecule has 0 spiro atoms. The van der Waals surface area contributed by atoms with Crippen molar-refractivity contribution in [1.82, 2.24) is 20.4 Å². The minimum absolute atomic E-state index is 0.0450. The lowest BCUT2D eigenvalue weighted by atomic mass is 10.0. The smallest absolute Gasteiger partial charge is 0.352 e. The highest BCUT2D eigenvalue weighted by atomic mass is 35.5. The maximum atomic E-state index is 12.9. The fourth-order valence-electron chi connectivity index (χ4n) is 3.94. The third-order valence-electron chi connectivity index (χ3n) is 5.80. The Kier molecular flexibility index (Phi) is 8.02. The molecule has 4 heterocycles. The summed E-state index contributed by atoms with van der Waals surface area (Å²) in [5, 5.41) is 31.6. The summed E-state index contributed by atoms with van der Waals surface area (Å²) in [6.07, 6.45) is 0. The van der Waals surface area contributed by atoms with Crippen molar-refractivity contribution in [2.45, 2.75) is 29.3 Å². The first-order valence-corrected chi connectivity index (χ1v) is 14.6. The van der Waals surface area contributed by atoms with E-state index in [1.165, 1.54) is 64.0 Å². The SMILES string of the molecule is Cc1nnc(SCC2=C(C(=O)O)N3C(=O)[C@@H](NC(=O)c4ccc(COc5ccc([N+](=O)[O-])cc5Cl)o4)[C@@H]3SC2)s1. The van der Waals surface area contributed by atoms with Crippen LogP contribution in [0.15, 0.2) is 50.4 Å². The first kappa shape index (κ1) is 27.9. The lowest BCUT2D eigenvalue weighted by Crippen LogP contribution is -2.70. The first-order chi connectivity index (χ1) is 19.1. The van der Waals surface area contributed by atoms with Gasteiger partial charge in [-0.3, -0.25) is 24.6 Å². The minimum atomic E-state index is -1.21. The Balaban J connectivity index is 1.19. The Morgan fingerprint density at radius 1 is 1.35 bits per heavy atom. The second-order valence-electron chi connectivity index (χ2n) is 8.42. The Morgan fingerprint density at radius 2 is 2.15 bits per heavy atom. The van der Waals surface area contributed by atoms with Crippen LogP contribution in [0.4, 0.5) is 5.69 Å². The second-order valence-corrected chi connectivity index (χ2v) is 12.3. The van der Waals surface area contributed by atoms with Gasteiger partial charge < -0.3 is 19.6 Å². The summed E-state index contributed by atoms with van der Waals surface area (Å²) in [7, 11) is 0. The molecule has 17 heteroatoms. The highest BCUT2D eigenvalue weighted by molar-refractivity contribution is 8.01. The first-order valence-electron chi connectivity index (χ1n) is 11.4. The third-order valence-corrected chi connectivity index (χ3v) is 9.49. The second kappa shape index (κ2) is 11.5. The largest absolute Gasteiger partial charge is 0.484 e. The van der Waals surface area contributed by atoms with Crippen molar-refractivity contribution in [1.29, 1.82) is 0 Å². The summed E-state index contributed by atoms with van der Waals surface area (Å²) in [4.78, 5) is 49.3. The summed E-state index contributed by atoms with van der Waals surface area (Å²) in [6, 6.07) is 5.76. The van der Waals surface area contributed by atoms with Crippen molar-refractivity contribution in [2.24, 2.45) is 0 Å². The summed E-state index contributed by atoms with van der Waals surface area (Å²) in [5.41, 5.74) is 0.336. The van der Waals surface area contributed by atoms with Crippen LogP contribution in [0.1, 0.15) is 21.3 Å².